The maximum atomic E-state index is 13.3. The van der Waals surface area contributed by atoms with E-state index in [0.29, 0.717) is 12.3 Å². The fraction of sp³-hybridized carbons (Fsp3) is 0.667. The van der Waals surface area contributed by atoms with E-state index in [9.17, 15) is 9.59 Å². The van der Waals surface area contributed by atoms with Gasteiger partial charge in [0.05, 0.1) is 5.41 Å². The summed E-state index contributed by atoms with van der Waals surface area (Å²) < 4.78 is 0. The van der Waals surface area contributed by atoms with E-state index in [-0.39, 0.29) is 11.3 Å². The van der Waals surface area contributed by atoms with E-state index in [4.69, 9.17) is 0 Å². The second-order valence-corrected chi connectivity index (χ2v) is 9.15. The van der Waals surface area contributed by atoms with Gasteiger partial charge in [-0.05, 0) is 75.2 Å². The van der Waals surface area contributed by atoms with E-state index in [1.165, 1.54) is 18.4 Å². The van der Waals surface area contributed by atoms with Crippen LogP contribution in [0.5, 0.6) is 0 Å². The zero-order chi connectivity index (χ0) is 20.3. The molecule has 2 heterocycles. The second kappa shape index (κ2) is 8.86. The maximum absolute atomic E-state index is 13.3. The average molecular weight is 398 g/mol. The van der Waals surface area contributed by atoms with Gasteiger partial charge >= 0.3 is 0 Å². The van der Waals surface area contributed by atoms with Gasteiger partial charge in [-0.2, -0.15) is 0 Å². The largest absolute Gasteiger partial charge is 0.356 e. The molecule has 5 heteroatoms. The zero-order valence-electron chi connectivity index (χ0n) is 17.8. The van der Waals surface area contributed by atoms with E-state index in [1.807, 2.05) is 4.90 Å². The predicted molar refractivity (Wildman–Crippen MR) is 116 cm³/mol. The number of amides is 2. The molecule has 1 aromatic rings. The third-order valence-electron chi connectivity index (χ3n) is 7.09. The zero-order valence-corrected chi connectivity index (χ0v) is 17.8. The number of hydrogen-bond acceptors (Lipinski definition) is 3. The van der Waals surface area contributed by atoms with Crippen LogP contribution in [0.15, 0.2) is 24.3 Å². The third kappa shape index (κ3) is 4.66. The van der Waals surface area contributed by atoms with E-state index in [0.717, 1.165) is 76.4 Å². The maximum Gasteiger partial charge on any atom is 0.233 e. The first-order valence-electron chi connectivity index (χ1n) is 11.5. The molecule has 0 bridgehead atoms. The Balaban J connectivity index is 1.26. The lowest BCUT2D eigenvalue weighted by atomic mass is 9.77. The Hall–Kier alpha value is -1.88. The molecule has 158 valence electrons. The molecular weight excluding hydrogens is 362 g/mol. The number of rotatable bonds is 8. The molecule has 4 rings (SSSR count). The predicted octanol–water partition coefficient (Wildman–Crippen LogP) is 3.69. The van der Waals surface area contributed by atoms with E-state index >= 15 is 0 Å². The molecule has 1 spiro atoms. The molecule has 1 N–H and O–H groups in total. The summed E-state index contributed by atoms with van der Waals surface area (Å²) in [5.41, 5.74) is 2.29. The Kier molecular flexibility index (Phi) is 6.23. The molecule has 0 atom stereocenters. The Bertz CT molecular complexity index is 718. The fourth-order valence-electron chi connectivity index (χ4n) is 4.83. The molecule has 3 fully saturated rings. The molecule has 0 radical (unpaired) electrons. The molecule has 2 amide bonds. The van der Waals surface area contributed by atoms with Gasteiger partial charge in [-0.25, -0.2) is 0 Å². The van der Waals surface area contributed by atoms with E-state index < -0.39 is 0 Å². The number of carbonyl (C=O) groups is 2. The highest BCUT2D eigenvalue weighted by Gasteiger charge is 2.48. The van der Waals surface area contributed by atoms with Crippen LogP contribution in [0.25, 0.3) is 0 Å². The summed E-state index contributed by atoms with van der Waals surface area (Å²) in [5, 5.41) is 2.99. The van der Waals surface area contributed by atoms with Crippen molar-refractivity contribution in [1.82, 2.24) is 10.2 Å². The Morgan fingerprint density at radius 3 is 2.45 bits per heavy atom. The van der Waals surface area contributed by atoms with Crippen molar-refractivity contribution in [2.75, 3.05) is 37.6 Å². The number of hydrogen-bond donors (Lipinski definition) is 1. The summed E-state index contributed by atoms with van der Waals surface area (Å²) in [6.07, 6.45) is 8.11. The van der Waals surface area contributed by atoms with Crippen molar-refractivity contribution in [3.05, 3.63) is 29.8 Å². The van der Waals surface area contributed by atoms with Crippen molar-refractivity contribution in [3.8, 4) is 0 Å². The quantitative estimate of drug-likeness (QED) is 0.681. The van der Waals surface area contributed by atoms with Gasteiger partial charge in [-0.1, -0.05) is 25.5 Å². The normalized spacial score (nSPS) is 21.7. The first-order valence-corrected chi connectivity index (χ1v) is 11.5. The van der Waals surface area contributed by atoms with Crippen LogP contribution >= 0.6 is 0 Å². The molecule has 5 nitrogen and oxygen atoms in total. The number of anilines is 1. The van der Waals surface area contributed by atoms with Crippen LogP contribution in [0.4, 0.5) is 5.69 Å². The number of piperidine rings is 1. The van der Waals surface area contributed by atoms with Crippen molar-refractivity contribution in [2.45, 2.75) is 64.2 Å². The molecule has 1 aromatic carbocycles. The topological polar surface area (TPSA) is 52.7 Å². The summed E-state index contributed by atoms with van der Waals surface area (Å²) in [4.78, 5) is 29.6. The van der Waals surface area contributed by atoms with Crippen LogP contribution in [0, 0.1) is 5.41 Å². The summed E-state index contributed by atoms with van der Waals surface area (Å²) >= 11 is 0. The molecule has 3 aliphatic rings. The van der Waals surface area contributed by atoms with Gasteiger partial charge in [0.1, 0.15) is 0 Å². The second-order valence-electron chi connectivity index (χ2n) is 9.15. The standard InChI is InChI=1S/C24H35N3O2/c1-2-3-14-25-22(28)10-15-26-16-11-24(12-17-26)13-18-27(23(24)29)21-8-6-20(7-9-21)19-4-5-19/h6-9,19H,2-5,10-18H2,1H3,(H,25,28). The van der Waals surface area contributed by atoms with Crippen LogP contribution in [-0.2, 0) is 9.59 Å². The molecule has 1 aliphatic carbocycles. The number of nitrogens with one attached hydrogen (secondary N) is 1. The highest BCUT2D eigenvalue weighted by molar-refractivity contribution is 6.00. The summed E-state index contributed by atoms with van der Waals surface area (Å²) in [5.74, 6) is 1.22. The van der Waals surface area contributed by atoms with Gasteiger partial charge in [-0.3, -0.25) is 9.59 Å². The lowest BCUT2D eigenvalue weighted by molar-refractivity contribution is -0.128. The van der Waals surface area contributed by atoms with Gasteiger partial charge in [0, 0.05) is 31.7 Å². The molecular formula is C24H35N3O2. The first-order chi connectivity index (χ1) is 14.1. The van der Waals surface area contributed by atoms with Crippen molar-refractivity contribution >= 4 is 17.5 Å². The van der Waals surface area contributed by atoms with Crippen molar-refractivity contribution in [3.63, 3.8) is 0 Å². The number of unbranched alkanes of at least 4 members (excludes halogenated alkanes) is 1. The fourth-order valence-corrected chi connectivity index (χ4v) is 4.83. The van der Waals surface area contributed by atoms with Crippen LogP contribution in [0.2, 0.25) is 0 Å². The van der Waals surface area contributed by atoms with E-state index in [2.05, 4.69) is 41.4 Å². The number of likely N-dealkylation sites (tertiary alicyclic amines) is 1. The monoisotopic (exact) mass is 397 g/mol. The molecule has 1 saturated carbocycles. The molecule has 29 heavy (non-hydrogen) atoms. The molecule has 0 unspecified atom stereocenters. The van der Waals surface area contributed by atoms with Gasteiger partial charge in [-0.15, -0.1) is 0 Å². The summed E-state index contributed by atoms with van der Waals surface area (Å²) in [7, 11) is 0. The average Bonchev–Trinajstić information content (AvgIpc) is 3.55. The lowest BCUT2D eigenvalue weighted by Crippen LogP contribution is -2.45. The highest BCUT2D eigenvalue weighted by Crippen LogP contribution is 2.44. The van der Waals surface area contributed by atoms with Gasteiger partial charge in [0.2, 0.25) is 11.8 Å². The lowest BCUT2D eigenvalue weighted by Gasteiger charge is -2.37. The number of benzene rings is 1. The van der Waals surface area contributed by atoms with Gasteiger partial charge in [0.15, 0.2) is 0 Å². The SMILES string of the molecule is CCCCNC(=O)CCN1CCC2(CC1)CCN(c1ccc(C3CC3)cc1)C2=O. The summed E-state index contributed by atoms with van der Waals surface area (Å²) in [6.45, 7) is 6.38. The van der Waals surface area contributed by atoms with Crippen molar-refractivity contribution < 1.29 is 9.59 Å². The van der Waals surface area contributed by atoms with Crippen molar-refractivity contribution in [1.29, 1.82) is 0 Å². The Morgan fingerprint density at radius 1 is 1.10 bits per heavy atom. The van der Waals surface area contributed by atoms with Crippen LogP contribution in [-0.4, -0.2) is 49.4 Å². The first kappa shape index (κ1) is 20.4. The van der Waals surface area contributed by atoms with Crippen LogP contribution < -0.4 is 10.2 Å². The van der Waals surface area contributed by atoms with Crippen LogP contribution in [0.1, 0.15) is 69.8 Å². The van der Waals surface area contributed by atoms with Gasteiger partial charge in [0.25, 0.3) is 0 Å². The summed E-state index contributed by atoms with van der Waals surface area (Å²) in [6, 6.07) is 8.69. The smallest absolute Gasteiger partial charge is 0.233 e. The van der Waals surface area contributed by atoms with Gasteiger partial charge < -0.3 is 15.1 Å². The highest BCUT2D eigenvalue weighted by atomic mass is 16.2. The number of nitrogens with zero attached hydrogens (tertiary/aromatic N) is 2. The Labute approximate surface area is 174 Å². The van der Waals surface area contributed by atoms with Crippen molar-refractivity contribution in [2.24, 2.45) is 5.41 Å². The molecule has 0 aromatic heterocycles. The van der Waals surface area contributed by atoms with E-state index in [1.54, 1.807) is 0 Å². The minimum Gasteiger partial charge on any atom is -0.356 e. The third-order valence-corrected chi connectivity index (χ3v) is 7.09. The Morgan fingerprint density at radius 2 is 1.79 bits per heavy atom. The molecule has 2 saturated heterocycles. The molecule has 2 aliphatic heterocycles. The minimum absolute atomic E-state index is 0.150. The van der Waals surface area contributed by atoms with Crippen LogP contribution in [0.3, 0.4) is 0 Å². The number of carbonyl (C=O) groups excluding carboxylic acids is 2. The minimum atomic E-state index is -0.185.